The Morgan fingerprint density at radius 3 is 3.17 bits per heavy atom. The Labute approximate surface area is 106 Å². The minimum absolute atomic E-state index is 0.203. The molecule has 1 unspecified atom stereocenters. The van der Waals surface area contributed by atoms with Crippen molar-refractivity contribution in [1.82, 2.24) is 4.98 Å². The number of ether oxygens (including phenoxy) is 2. The average molecular weight is 244 g/mol. The van der Waals surface area contributed by atoms with Gasteiger partial charge in [-0.3, -0.25) is 4.98 Å². The normalized spacial score (nSPS) is 19.2. The van der Waals surface area contributed by atoms with Crippen molar-refractivity contribution in [2.45, 2.75) is 18.9 Å². The van der Waals surface area contributed by atoms with Crippen LogP contribution in [0.3, 0.4) is 0 Å². The predicted molar refractivity (Wildman–Crippen MR) is 70.6 cm³/mol. The van der Waals surface area contributed by atoms with Crippen molar-refractivity contribution in [1.29, 1.82) is 0 Å². The molecule has 94 valence electrons. The Kier molecular flexibility index (Phi) is 3.02. The molecule has 0 radical (unpaired) electrons. The Hall–Kier alpha value is -1.81. The first-order valence-corrected chi connectivity index (χ1v) is 6.22. The van der Waals surface area contributed by atoms with Gasteiger partial charge in [0.05, 0.1) is 17.3 Å². The fourth-order valence-corrected chi connectivity index (χ4v) is 2.24. The minimum atomic E-state index is 0.203. The molecule has 1 aliphatic rings. The van der Waals surface area contributed by atoms with E-state index in [9.17, 15) is 0 Å². The molecule has 1 atom stereocenters. The number of fused-ring (bicyclic) bond motifs is 1. The molecule has 1 aromatic heterocycles. The Balaban J connectivity index is 1.81. The van der Waals surface area contributed by atoms with Gasteiger partial charge in [0.2, 0.25) is 0 Å². The Morgan fingerprint density at radius 1 is 1.39 bits per heavy atom. The summed E-state index contributed by atoms with van der Waals surface area (Å²) >= 11 is 0. The zero-order valence-corrected chi connectivity index (χ0v) is 10.1. The van der Waals surface area contributed by atoms with Gasteiger partial charge in [0, 0.05) is 18.2 Å². The number of nitrogens with two attached hydrogens (primary N) is 1. The van der Waals surface area contributed by atoms with E-state index in [1.54, 1.807) is 6.20 Å². The highest BCUT2D eigenvalue weighted by molar-refractivity contribution is 5.93. The molecule has 18 heavy (non-hydrogen) atoms. The summed E-state index contributed by atoms with van der Waals surface area (Å²) in [7, 11) is 0. The lowest BCUT2D eigenvalue weighted by atomic mass is 10.1. The van der Waals surface area contributed by atoms with Gasteiger partial charge in [-0.2, -0.15) is 0 Å². The highest BCUT2D eigenvalue weighted by atomic mass is 16.5. The quantitative estimate of drug-likeness (QED) is 0.842. The highest BCUT2D eigenvalue weighted by Gasteiger charge is 2.16. The molecule has 4 heteroatoms. The molecule has 2 N–H and O–H groups in total. The molecule has 3 rings (SSSR count). The number of anilines is 1. The van der Waals surface area contributed by atoms with Crippen LogP contribution < -0.4 is 10.5 Å². The number of hydrogen-bond donors (Lipinski definition) is 1. The van der Waals surface area contributed by atoms with Crippen LogP contribution in [-0.4, -0.2) is 24.3 Å². The molecule has 0 amide bonds. The van der Waals surface area contributed by atoms with Crippen molar-refractivity contribution < 1.29 is 9.47 Å². The summed E-state index contributed by atoms with van der Waals surface area (Å²) in [5.41, 5.74) is 7.64. The summed E-state index contributed by atoms with van der Waals surface area (Å²) in [6.45, 7) is 1.40. The van der Waals surface area contributed by atoms with Gasteiger partial charge < -0.3 is 15.2 Å². The lowest BCUT2D eigenvalue weighted by Gasteiger charge is -2.14. The number of benzene rings is 1. The van der Waals surface area contributed by atoms with Crippen molar-refractivity contribution in [3.05, 3.63) is 30.5 Å². The molecule has 0 spiro atoms. The number of nitrogens with zero attached hydrogens (tertiary/aromatic N) is 1. The van der Waals surface area contributed by atoms with E-state index in [1.165, 1.54) is 0 Å². The zero-order chi connectivity index (χ0) is 12.4. The first kappa shape index (κ1) is 11.3. The van der Waals surface area contributed by atoms with Gasteiger partial charge in [-0.05, 0) is 37.1 Å². The van der Waals surface area contributed by atoms with E-state index in [4.69, 9.17) is 15.2 Å². The summed E-state index contributed by atoms with van der Waals surface area (Å²) in [4.78, 5) is 4.26. The maximum Gasteiger partial charge on any atom is 0.143 e. The molecule has 2 aromatic rings. The van der Waals surface area contributed by atoms with Crippen LogP contribution in [0.5, 0.6) is 5.75 Å². The maximum atomic E-state index is 6.10. The Morgan fingerprint density at radius 2 is 2.33 bits per heavy atom. The number of hydrogen-bond acceptors (Lipinski definition) is 4. The molecule has 0 saturated carbocycles. The summed E-state index contributed by atoms with van der Waals surface area (Å²) in [5.74, 6) is 0.714. The second-order valence-electron chi connectivity index (χ2n) is 4.49. The standard InChI is InChI=1S/C14H16N2O2/c15-14-11-4-1-7-16-12(11)5-6-13(14)18-9-10-3-2-8-17-10/h1,4-7,10H,2-3,8-9,15H2. The highest BCUT2D eigenvalue weighted by Crippen LogP contribution is 2.29. The third kappa shape index (κ3) is 2.11. The first-order valence-electron chi connectivity index (χ1n) is 6.22. The average Bonchev–Trinajstić information content (AvgIpc) is 2.91. The number of nitrogen functional groups attached to an aromatic ring is 1. The van der Waals surface area contributed by atoms with E-state index < -0.39 is 0 Å². The van der Waals surface area contributed by atoms with E-state index in [1.807, 2.05) is 24.3 Å². The van der Waals surface area contributed by atoms with Crippen LogP contribution in [0.15, 0.2) is 30.5 Å². The first-order chi connectivity index (χ1) is 8.84. The topological polar surface area (TPSA) is 57.4 Å². The monoisotopic (exact) mass is 244 g/mol. The molecule has 1 aliphatic heterocycles. The van der Waals surface area contributed by atoms with Crippen LogP contribution in [0.25, 0.3) is 10.9 Å². The van der Waals surface area contributed by atoms with Crippen LogP contribution in [-0.2, 0) is 4.74 Å². The summed E-state index contributed by atoms with van der Waals surface area (Å²) in [6.07, 6.45) is 4.14. The number of aromatic nitrogens is 1. The zero-order valence-electron chi connectivity index (χ0n) is 10.1. The molecule has 0 aliphatic carbocycles. The molecular weight excluding hydrogens is 228 g/mol. The number of rotatable bonds is 3. The molecule has 1 saturated heterocycles. The van der Waals surface area contributed by atoms with E-state index >= 15 is 0 Å². The van der Waals surface area contributed by atoms with Gasteiger partial charge in [-0.25, -0.2) is 0 Å². The SMILES string of the molecule is Nc1c(OCC2CCCO2)ccc2ncccc12. The van der Waals surface area contributed by atoms with Gasteiger partial charge in [-0.1, -0.05) is 0 Å². The van der Waals surface area contributed by atoms with Crippen LogP contribution in [0, 0.1) is 0 Å². The van der Waals surface area contributed by atoms with Crippen LogP contribution in [0.2, 0.25) is 0 Å². The molecule has 4 nitrogen and oxygen atoms in total. The molecule has 0 bridgehead atoms. The molecule has 1 aromatic carbocycles. The van der Waals surface area contributed by atoms with Gasteiger partial charge in [0.1, 0.15) is 12.4 Å². The van der Waals surface area contributed by atoms with Gasteiger partial charge in [-0.15, -0.1) is 0 Å². The van der Waals surface area contributed by atoms with E-state index in [-0.39, 0.29) is 6.10 Å². The van der Waals surface area contributed by atoms with Crippen molar-refractivity contribution in [2.75, 3.05) is 18.9 Å². The van der Waals surface area contributed by atoms with Crippen molar-refractivity contribution >= 4 is 16.6 Å². The van der Waals surface area contributed by atoms with E-state index in [0.29, 0.717) is 18.0 Å². The largest absolute Gasteiger partial charge is 0.489 e. The van der Waals surface area contributed by atoms with E-state index in [2.05, 4.69) is 4.98 Å². The van der Waals surface area contributed by atoms with Gasteiger partial charge in [0.15, 0.2) is 0 Å². The van der Waals surface area contributed by atoms with Crippen molar-refractivity contribution in [3.63, 3.8) is 0 Å². The summed E-state index contributed by atoms with van der Waals surface area (Å²) < 4.78 is 11.3. The molecule has 1 fully saturated rings. The van der Waals surface area contributed by atoms with Crippen LogP contribution in [0.4, 0.5) is 5.69 Å². The Bertz CT molecular complexity index is 550. The molecular formula is C14H16N2O2. The molecule has 2 heterocycles. The third-order valence-corrected chi connectivity index (χ3v) is 3.24. The minimum Gasteiger partial charge on any atom is -0.489 e. The summed E-state index contributed by atoms with van der Waals surface area (Å²) in [6, 6.07) is 7.63. The van der Waals surface area contributed by atoms with Crippen molar-refractivity contribution in [3.8, 4) is 5.75 Å². The van der Waals surface area contributed by atoms with E-state index in [0.717, 1.165) is 30.4 Å². The second-order valence-corrected chi connectivity index (χ2v) is 4.49. The smallest absolute Gasteiger partial charge is 0.143 e. The lowest BCUT2D eigenvalue weighted by molar-refractivity contribution is 0.0682. The number of pyridine rings is 1. The van der Waals surface area contributed by atoms with Crippen LogP contribution >= 0.6 is 0 Å². The fraction of sp³-hybridized carbons (Fsp3) is 0.357. The second kappa shape index (κ2) is 4.82. The fourth-order valence-electron chi connectivity index (χ4n) is 2.24. The van der Waals surface area contributed by atoms with Gasteiger partial charge >= 0.3 is 0 Å². The maximum absolute atomic E-state index is 6.10. The van der Waals surface area contributed by atoms with Gasteiger partial charge in [0.25, 0.3) is 0 Å². The van der Waals surface area contributed by atoms with Crippen LogP contribution in [0.1, 0.15) is 12.8 Å². The summed E-state index contributed by atoms with van der Waals surface area (Å²) in [5, 5.41) is 0.933. The van der Waals surface area contributed by atoms with Crippen molar-refractivity contribution in [2.24, 2.45) is 0 Å². The lowest BCUT2D eigenvalue weighted by Crippen LogP contribution is -2.16. The third-order valence-electron chi connectivity index (χ3n) is 3.24. The predicted octanol–water partition coefficient (Wildman–Crippen LogP) is 2.37.